The lowest BCUT2D eigenvalue weighted by Gasteiger charge is -2.48. The first-order valence-electron chi connectivity index (χ1n) is 13.8. The molecule has 1 saturated carbocycles. The van der Waals surface area contributed by atoms with Crippen molar-refractivity contribution in [2.75, 3.05) is 6.54 Å². The van der Waals surface area contributed by atoms with E-state index in [1.54, 1.807) is 12.1 Å². The summed E-state index contributed by atoms with van der Waals surface area (Å²) < 4.78 is 0. The Hall–Kier alpha value is -3.13. The van der Waals surface area contributed by atoms with Gasteiger partial charge in [-0.15, -0.1) is 0 Å². The molecule has 0 aromatic heterocycles. The summed E-state index contributed by atoms with van der Waals surface area (Å²) in [5.74, 6) is -0.572. The van der Waals surface area contributed by atoms with Crippen molar-refractivity contribution in [1.29, 1.82) is 0 Å². The molecule has 1 spiro atoms. The number of hydrogen-bond donors (Lipinski definition) is 4. The molecule has 206 valence electrons. The van der Waals surface area contributed by atoms with E-state index in [9.17, 15) is 14.4 Å². The summed E-state index contributed by atoms with van der Waals surface area (Å²) in [5.41, 5.74) is 9.11. The fourth-order valence-electron chi connectivity index (χ4n) is 6.33. The monoisotopic (exact) mass is 522 g/mol. The van der Waals surface area contributed by atoms with Crippen LogP contribution >= 0.6 is 0 Å². The van der Waals surface area contributed by atoms with Crippen LogP contribution in [0.15, 0.2) is 47.7 Å². The van der Waals surface area contributed by atoms with Crippen molar-refractivity contribution in [2.24, 2.45) is 17.1 Å². The molecule has 0 bridgehead atoms. The fraction of sp³-hybridized carbons (Fsp3) is 0.567. The lowest BCUT2D eigenvalue weighted by Crippen LogP contribution is -2.56. The van der Waals surface area contributed by atoms with Crippen LogP contribution in [-0.2, 0) is 9.59 Å². The quantitative estimate of drug-likeness (QED) is 0.424. The van der Waals surface area contributed by atoms with Gasteiger partial charge in [-0.3, -0.25) is 19.7 Å². The number of hydrogen-bond acceptors (Lipinski definition) is 5. The maximum Gasteiger partial charge on any atom is 0.305 e. The van der Waals surface area contributed by atoms with E-state index in [4.69, 9.17) is 10.8 Å². The normalized spacial score (nSPS) is 26.6. The summed E-state index contributed by atoms with van der Waals surface area (Å²) in [4.78, 5) is 39.3. The van der Waals surface area contributed by atoms with Crippen molar-refractivity contribution in [3.05, 3.63) is 58.8 Å². The number of nitrogens with zero attached hydrogens (tertiary/aromatic N) is 1. The molecule has 2 fully saturated rings. The number of benzene rings is 1. The molecule has 2 aliphatic carbocycles. The first-order chi connectivity index (χ1) is 17.9. The molecule has 2 atom stereocenters. The first kappa shape index (κ1) is 27.9. The Kier molecular flexibility index (Phi) is 8.02. The fourth-order valence-corrected chi connectivity index (χ4v) is 6.33. The van der Waals surface area contributed by atoms with Gasteiger partial charge in [0.2, 0.25) is 5.91 Å². The molecule has 1 aliphatic heterocycles. The molecule has 0 radical (unpaired) electrons. The lowest BCUT2D eigenvalue weighted by molar-refractivity contribution is -0.137. The summed E-state index contributed by atoms with van der Waals surface area (Å²) in [6.07, 6.45) is 9.39. The van der Waals surface area contributed by atoms with Gasteiger partial charge >= 0.3 is 5.97 Å². The van der Waals surface area contributed by atoms with E-state index in [-0.39, 0.29) is 42.3 Å². The number of carboxylic acid groups (broad SMARTS) is 1. The molecule has 1 heterocycles. The van der Waals surface area contributed by atoms with Gasteiger partial charge in [0, 0.05) is 17.8 Å². The molecule has 3 aliphatic rings. The highest BCUT2D eigenvalue weighted by molar-refractivity contribution is 5.94. The number of carboxylic acids is 1. The molecule has 1 saturated heterocycles. The van der Waals surface area contributed by atoms with Crippen molar-refractivity contribution in [2.45, 2.75) is 90.4 Å². The number of amides is 2. The highest BCUT2D eigenvalue weighted by Crippen LogP contribution is 2.48. The highest BCUT2D eigenvalue weighted by Gasteiger charge is 2.54. The zero-order valence-electron chi connectivity index (χ0n) is 23.0. The summed E-state index contributed by atoms with van der Waals surface area (Å²) in [6, 6.07) is 6.71. The summed E-state index contributed by atoms with van der Waals surface area (Å²) in [6.45, 7) is 9.04. The number of rotatable bonds is 7. The van der Waals surface area contributed by atoms with Gasteiger partial charge in [0.25, 0.3) is 5.91 Å². The summed E-state index contributed by atoms with van der Waals surface area (Å²) in [7, 11) is 0. The van der Waals surface area contributed by atoms with Crippen molar-refractivity contribution in [3.63, 3.8) is 0 Å². The number of allylic oxidation sites excluding steroid dienone is 2. The van der Waals surface area contributed by atoms with Crippen LogP contribution in [0.4, 0.5) is 0 Å². The number of carbonyl (C=O) groups is 3. The maximum absolute atomic E-state index is 14.1. The highest BCUT2D eigenvalue weighted by atomic mass is 16.4. The van der Waals surface area contributed by atoms with Crippen molar-refractivity contribution in [3.8, 4) is 0 Å². The van der Waals surface area contributed by atoms with Crippen LogP contribution in [0, 0.1) is 11.3 Å². The van der Waals surface area contributed by atoms with E-state index in [0.29, 0.717) is 11.5 Å². The molecule has 8 nitrogen and oxygen atoms in total. The second kappa shape index (κ2) is 10.9. The molecule has 38 heavy (non-hydrogen) atoms. The average molecular weight is 523 g/mol. The summed E-state index contributed by atoms with van der Waals surface area (Å²) >= 11 is 0. The molecule has 1 aromatic rings. The zero-order chi connectivity index (χ0) is 27.7. The Bertz CT molecular complexity index is 1120. The standard InChI is InChI=1S/C30H42N4O4/c1-19(20-8-10-21(11-9-20)27(37)32-17-14-25(35)36)34-28(38)26(22-6-5-7-24(31)18-22)33-30(34)15-12-23(13-16-30)29(2,3)4/h7-11,18-19,23,26,33H,5-6,12-17,31H2,1-4H3,(H,32,37)(H,35,36)/t19-,23?,26?,30?/m1/s1. The minimum Gasteiger partial charge on any atom is -0.481 e. The average Bonchev–Trinajstić information content (AvgIpc) is 3.14. The van der Waals surface area contributed by atoms with Crippen LogP contribution in [0.25, 0.3) is 0 Å². The third-order valence-corrected chi connectivity index (χ3v) is 8.60. The zero-order valence-corrected chi connectivity index (χ0v) is 23.0. The maximum atomic E-state index is 14.1. The molecule has 4 rings (SSSR count). The second-order valence-electron chi connectivity index (χ2n) is 12.1. The predicted molar refractivity (Wildman–Crippen MR) is 147 cm³/mol. The predicted octanol–water partition coefficient (Wildman–Crippen LogP) is 4.25. The van der Waals surface area contributed by atoms with E-state index in [1.807, 2.05) is 24.3 Å². The third-order valence-electron chi connectivity index (χ3n) is 8.60. The first-order valence-corrected chi connectivity index (χ1v) is 13.8. The van der Waals surface area contributed by atoms with Gasteiger partial charge in [-0.2, -0.15) is 0 Å². The minimum absolute atomic E-state index is 0.0787. The third kappa shape index (κ3) is 5.80. The van der Waals surface area contributed by atoms with E-state index < -0.39 is 11.6 Å². The molecule has 1 aromatic carbocycles. The molecule has 1 unspecified atom stereocenters. The number of nitrogens with two attached hydrogens (primary N) is 1. The molecule has 5 N–H and O–H groups in total. The Morgan fingerprint density at radius 2 is 1.87 bits per heavy atom. The van der Waals surface area contributed by atoms with E-state index >= 15 is 0 Å². The number of nitrogens with one attached hydrogen (secondary N) is 2. The minimum atomic E-state index is -0.954. The van der Waals surface area contributed by atoms with Gasteiger partial charge in [-0.05, 0) is 86.1 Å². The van der Waals surface area contributed by atoms with Crippen LogP contribution in [0.5, 0.6) is 0 Å². The molecule has 8 heteroatoms. The Balaban J connectivity index is 1.58. The topological polar surface area (TPSA) is 125 Å². The van der Waals surface area contributed by atoms with Gasteiger partial charge in [-0.25, -0.2) is 0 Å². The Morgan fingerprint density at radius 3 is 2.45 bits per heavy atom. The van der Waals surface area contributed by atoms with Crippen LogP contribution in [-0.4, -0.2) is 46.0 Å². The Labute approximate surface area is 225 Å². The molecular formula is C30H42N4O4. The SMILES string of the molecule is C[C@H](c1ccc(C(=O)NCCC(=O)O)cc1)N1C(=O)C(C2=CC(N)=CCC2)NC12CCC(C(C)(C)C)CC2. The van der Waals surface area contributed by atoms with Crippen molar-refractivity contribution in [1.82, 2.24) is 15.5 Å². The van der Waals surface area contributed by atoms with Crippen molar-refractivity contribution < 1.29 is 19.5 Å². The van der Waals surface area contributed by atoms with E-state index in [1.165, 1.54) is 0 Å². The van der Waals surface area contributed by atoms with Crippen LogP contribution in [0.1, 0.15) is 94.6 Å². The number of carbonyl (C=O) groups excluding carboxylic acids is 2. The summed E-state index contributed by atoms with van der Waals surface area (Å²) in [5, 5.41) is 15.2. The van der Waals surface area contributed by atoms with Gasteiger partial charge in [-0.1, -0.05) is 39.0 Å². The van der Waals surface area contributed by atoms with Gasteiger partial charge in [0.05, 0.1) is 18.1 Å². The van der Waals surface area contributed by atoms with Crippen molar-refractivity contribution >= 4 is 17.8 Å². The van der Waals surface area contributed by atoms with Gasteiger partial charge < -0.3 is 21.1 Å². The Morgan fingerprint density at radius 1 is 1.21 bits per heavy atom. The van der Waals surface area contributed by atoms with Crippen LogP contribution in [0.2, 0.25) is 0 Å². The van der Waals surface area contributed by atoms with E-state index in [2.05, 4.69) is 43.2 Å². The second-order valence-corrected chi connectivity index (χ2v) is 12.1. The largest absolute Gasteiger partial charge is 0.481 e. The van der Waals surface area contributed by atoms with Gasteiger partial charge in [0.1, 0.15) is 6.04 Å². The van der Waals surface area contributed by atoms with Gasteiger partial charge in [0.15, 0.2) is 0 Å². The van der Waals surface area contributed by atoms with E-state index in [0.717, 1.165) is 55.4 Å². The lowest BCUT2D eigenvalue weighted by atomic mass is 9.69. The van der Waals surface area contributed by atoms with Crippen LogP contribution < -0.4 is 16.4 Å². The molecule has 2 amide bonds. The smallest absolute Gasteiger partial charge is 0.305 e. The van der Waals surface area contributed by atoms with Crippen LogP contribution in [0.3, 0.4) is 0 Å². The molecular weight excluding hydrogens is 480 g/mol. The number of aliphatic carboxylic acids is 1.